The molecule has 0 aliphatic carbocycles. The van der Waals surface area contributed by atoms with Crippen LogP contribution in [0, 0.1) is 5.92 Å². The van der Waals surface area contributed by atoms with E-state index in [9.17, 15) is 4.79 Å². The van der Waals surface area contributed by atoms with Gasteiger partial charge in [-0.2, -0.15) is 5.10 Å². The molecule has 0 radical (unpaired) electrons. The Bertz CT molecular complexity index is 656. The van der Waals surface area contributed by atoms with E-state index in [4.69, 9.17) is 9.26 Å². The summed E-state index contributed by atoms with van der Waals surface area (Å²) in [6, 6.07) is 1.77. The number of hydrogen-bond acceptors (Lipinski definition) is 5. The van der Waals surface area contributed by atoms with Crippen molar-refractivity contribution in [2.75, 3.05) is 6.61 Å². The maximum Gasteiger partial charge on any atom is 0.346 e. The van der Waals surface area contributed by atoms with E-state index in [-0.39, 0.29) is 17.8 Å². The van der Waals surface area contributed by atoms with E-state index >= 15 is 0 Å². The molecular formula is C14H20N4O3. The van der Waals surface area contributed by atoms with Gasteiger partial charge in [-0.05, 0) is 26.2 Å². The van der Waals surface area contributed by atoms with Crippen LogP contribution in [0.15, 0.2) is 21.6 Å². The first-order valence-corrected chi connectivity index (χ1v) is 7.28. The van der Waals surface area contributed by atoms with Gasteiger partial charge in [0, 0.05) is 18.7 Å². The predicted molar refractivity (Wildman–Crippen MR) is 75.0 cm³/mol. The zero-order valence-corrected chi connectivity index (χ0v) is 12.5. The molecule has 0 aromatic carbocycles. The van der Waals surface area contributed by atoms with Gasteiger partial charge >= 0.3 is 5.69 Å². The van der Waals surface area contributed by atoms with Crippen LogP contribution in [0.2, 0.25) is 0 Å². The molecule has 0 N–H and O–H groups in total. The summed E-state index contributed by atoms with van der Waals surface area (Å²) < 4.78 is 13.7. The van der Waals surface area contributed by atoms with Crippen molar-refractivity contribution in [2.45, 2.75) is 45.9 Å². The van der Waals surface area contributed by atoms with E-state index in [2.05, 4.69) is 17.2 Å². The van der Waals surface area contributed by atoms with Crippen LogP contribution in [-0.2, 0) is 11.3 Å². The summed E-state index contributed by atoms with van der Waals surface area (Å²) >= 11 is 0. The average Bonchev–Trinajstić information content (AvgIpc) is 3.12. The van der Waals surface area contributed by atoms with E-state index < -0.39 is 0 Å². The van der Waals surface area contributed by atoms with Crippen LogP contribution in [0.4, 0.5) is 0 Å². The fourth-order valence-electron chi connectivity index (χ4n) is 2.72. The van der Waals surface area contributed by atoms with E-state index in [1.807, 2.05) is 13.8 Å². The number of aromatic nitrogens is 4. The van der Waals surface area contributed by atoms with Crippen LogP contribution in [0.1, 0.15) is 50.9 Å². The molecule has 1 saturated heterocycles. The third-order valence-electron chi connectivity index (χ3n) is 3.86. The van der Waals surface area contributed by atoms with E-state index in [1.165, 1.54) is 10.9 Å². The Morgan fingerprint density at radius 3 is 2.86 bits per heavy atom. The van der Waals surface area contributed by atoms with Gasteiger partial charge in [-0.3, -0.25) is 4.57 Å². The summed E-state index contributed by atoms with van der Waals surface area (Å²) in [6.07, 6.45) is 2.37. The van der Waals surface area contributed by atoms with Gasteiger partial charge in [-0.25, -0.2) is 9.48 Å². The van der Waals surface area contributed by atoms with Crippen molar-refractivity contribution < 1.29 is 9.26 Å². The van der Waals surface area contributed by atoms with E-state index in [0.29, 0.717) is 30.6 Å². The van der Waals surface area contributed by atoms with E-state index in [0.717, 1.165) is 6.42 Å². The molecule has 1 fully saturated rings. The second kappa shape index (κ2) is 5.48. The van der Waals surface area contributed by atoms with Crippen LogP contribution in [0.3, 0.4) is 0 Å². The van der Waals surface area contributed by atoms with Crippen LogP contribution < -0.4 is 5.69 Å². The van der Waals surface area contributed by atoms with Gasteiger partial charge in [0.25, 0.3) is 0 Å². The van der Waals surface area contributed by atoms with E-state index in [1.54, 1.807) is 10.6 Å². The molecule has 0 amide bonds. The first kappa shape index (κ1) is 14.1. The Kier molecular flexibility index (Phi) is 3.67. The standard InChI is InChI=1S/C14H20N4O3/c1-9(2)18-13(12-10(3)4-6-20-12)15-17(14(18)19)8-11-5-7-21-16-11/h5,7,9-10,12H,4,6,8H2,1-3H3/t10-,12+/m1/s1. The Morgan fingerprint density at radius 2 is 2.29 bits per heavy atom. The highest BCUT2D eigenvalue weighted by Gasteiger charge is 2.32. The molecule has 7 nitrogen and oxygen atoms in total. The monoisotopic (exact) mass is 292 g/mol. The van der Waals surface area contributed by atoms with Crippen molar-refractivity contribution in [3.05, 3.63) is 34.3 Å². The first-order valence-electron chi connectivity index (χ1n) is 7.28. The van der Waals surface area contributed by atoms with Gasteiger partial charge in [0.2, 0.25) is 0 Å². The molecule has 0 bridgehead atoms. The smallest absolute Gasteiger partial charge is 0.346 e. The highest BCUT2D eigenvalue weighted by molar-refractivity contribution is 5.01. The third kappa shape index (κ3) is 2.53. The molecule has 2 atom stereocenters. The third-order valence-corrected chi connectivity index (χ3v) is 3.86. The van der Waals surface area contributed by atoms with Crippen molar-refractivity contribution in [1.29, 1.82) is 0 Å². The Hall–Kier alpha value is -1.89. The molecule has 7 heteroatoms. The zero-order valence-electron chi connectivity index (χ0n) is 12.5. The van der Waals surface area contributed by atoms with Crippen LogP contribution in [-0.4, -0.2) is 26.1 Å². The highest BCUT2D eigenvalue weighted by atomic mass is 16.5. The number of hydrogen-bond donors (Lipinski definition) is 0. The maximum absolute atomic E-state index is 12.6. The molecule has 21 heavy (non-hydrogen) atoms. The molecule has 1 aliphatic rings. The van der Waals surface area contributed by atoms with Crippen molar-refractivity contribution in [3.8, 4) is 0 Å². The fourth-order valence-corrected chi connectivity index (χ4v) is 2.72. The minimum atomic E-state index is -0.134. The molecule has 2 aromatic rings. The number of nitrogens with zero attached hydrogens (tertiary/aromatic N) is 4. The van der Waals surface area contributed by atoms with Crippen molar-refractivity contribution in [1.82, 2.24) is 19.5 Å². The second-order valence-corrected chi connectivity index (χ2v) is 5.81. The zero-order chi connectivity index (χ0) is 15.0. The van der Waals surface area contributed by atoms with Crippen LogP contribution in [0.25, 0.3) is 0 Å². The summed E-state index contributed by atoms with van der Waals surface area (Å²) in [5, 5.41) is 8.33. The maximum atomic E-state index is 12.6. The molecule has 0 saturated carbocycles. The minimum Gasteiger partial charge on any atom is -0.370 e. The lowest BCUT2D eigenvalue weighted by atomic mass is 10.0. The van der Waals surface area contributed by atoms with Crippen molar-refractivity contribution >= 4 is 0 Å². The van der Waals surface area contributed by atoms with Gasteiger partial charge in [-0.1, -0.05) is 12.1 Å². The molecular weight excluding hydrogens is 272 g/mol. The topological polar surface area (TPSA) is 75.1 Å². The Balaban J connectivity index is 2.01. The summed E-state index contributed by atoms with van der Waals surface area (Å²) in [5.74, 6) is 1.08. The Labute approximate surface area is 122 Å². The minimum absolute atomic E-state index is 0.0370. The lowest BCUT2D eigenvalue weighted by molar-refractivity contribution is 0.0825. The second-order valence-electron chi connectivity index (χ2n) is 5.81. The SMILES string of the molecule is CC(C)n1c([C@H]2OCC[C@H]2C)nn(Cc2ccon2)c1=O. The molecule has 1 aliphatic heterocycles. The molecule has 0 spiro atoms. The molecule has 3 heterocycles. The average molecular weight is 292 g/mol. The van der Waals surface area contributed by atoms with Crippen molar-refractivity contribution in [3.63, 3.8) is 0 Å². The number of ether oxygens (including phenoxy) is 1. The van der Waals surface area contributed by atoms with Gasteiger partial charge < -0.3 is 9.26 Å². The molecule has 0 unspecified atom stereocenters. The summed E-state index contributed by atoms with van der Waals surface area (Å²) in [4.78, 5) is 12.6. The van der Waals surface area contributed by atoms with Gasteiger partial charge in [0.15, 0.2) is 5.82 Å². The van der Waals surface area contributed by atoms with Gasteiger partial charge in [0.05, 0.1) is 6.54 Å². The molecule has 114 valence electrons. The quantitative estimate of drug-likeness (QED) is 0.858. The lowest BCUT2D eigenvalue weighted by Crippen LogP contribution is -2.28. The number of rotatable bonds is 4. The van der Waals surface area contributed by atoms with Gasteiger partial charge in [0.1, 0.15) is 18.1 Å². The van der Waals surface area contributed by atoms with Crippen molar-refractivity contribution in [2.24, 2.45) is 5.92 Å². The molecule has 2 aromatic heterocycles. The summed E-state index contributed by atoms with van der Waals surface area (Å²) in [7, 11) is 0. The largest absolute Gasteiger partial charge is 0.370 e. The predicted octanol–water partition coefficient (Wildman–Crippen LogP) is 1.76. The van der Waals surface area contributed by atoms with Crippen LogP contribution in [0.5, 0.6) is 0 Å². The fraction of sp³-hybridized carbons (Fsp3) is 0.643. The highest BCUT2D eigenvalue weighted by Crippen LogP contribution is 2.33. The summed E-state index contributed by atoms with van der Waals surface area (Å²) in [6.45, 7) is 7.11. The lowest BCUT2D eigenvalue weighted by Gasteiger charge is -2.16. The summed E-state index contributed by atoms with van der Waals surface area (Å²) in [5.41, 5.74) is 0.545. The first-order chi connectivity index (χ1) is 10.1. The Morgan fingerprint density at radius 1 is 1.48 bits per heavy atom. The normalized spacial score (nSPS) is 22.3. The van der Waals surface area contributed by atoms with Gasteiger partial charge in [-0.15, -0.1) is 0 Å². The van der Waals surface area contributed by atoms with Crippen LogP contribution >= 0.6 is 0 Å². The molecule has 3 rings (SSSR count).